The Bertz CT molecular complexity index is 1290. The number of hydrogen-bond donors (Lipinski definition) is 2. The predicted octanol–water partition coefficient (Wildman–Crippen LogP) is 1.32. The van der Waals surface area contributed by atoms with Crippen LogP contribution in [-0.4, -0.2) is 45.8 Å². The summed E-state index contributed by atoms with van der Waals surface area (Å²) in [6.45, 7) is -11.5. The third kappa shape index (κ3) is 3.59. The highest BCUT2D eigenvalue weighted by atomic mass is 32.2. The van der Waals surface area contributed by atoms with Gasteiger partial charge in [0.05, 0.1) is 11.2 Å². The molecule has 0 fully saturated rings. The van der Waals surface area contributed by atoms with Gasteiger partial charge in [-0.3, -0.25) is 0 Å². The summed E-state index contributed by atoms with van der Waals surface area (Å²) >= 11 is 0. The lowest BCUT2D eigenvalue weighted by Gasteiger charge is -2.08. The molecule has 0 aliphatic rings. The normalized spacial score (nSPS) is 27.6. The molecule has 0 saturated carbocycles. The van der Waals surface area contributed by atoms with Crippen molar-refractivity contribution in [2.75, 3.05) is 27.5 Å². The first-order valence-corrected chi connectivity index (χ1v) is 6.81. The van der Waals surface area contributed by atoms with Gasteiger partial charge in [0.25, 0.3) is 0 Å². The summed E-state index contributed by atoms with van der Waals surface area (Å²) in [6, 6.07) is -2.90. The van der Waals surface area contributed by atoms with E-state index in [2.05, 4.69) is 0 Å². The molecule has 0 amide bonds. The quantitative estimate of drug-likeness (QED) is 0.845. The Morgan fingerprint density at radius 1 is 1.60 bits per heavy atom. The number of likely N-dealkylation sites (N-methyl/N-ethyl adjacent to an activating group) is 1. The van der Waals surface area contributed by atoms with Gasteiger partial charge in [0.2, 0.25) is 10.0 Å². The molecule has 1 aromatic carbocycles. The predicted molar refractivity (Wildman–Crippen MR) is 82.2 cm³/mol. The summed E-state index contributed by atoms with van der Waals surface area (Å²) in [7, 11) is -5.05. The van der Waals surface area contributed by atoms with Gasteiger partial charge in [0.15, 0.2) is 1.41 Å². The van der Waals surface area contributed by atoms with Gasteiger partial charge in [-0.2, -0.15) is 0 Å². The number of nitrogens with zero attached hydrogens (tertiary/aromatic N) is 1. The van der Waals surface area contributed by atoms with Crippen LogP contribution in [0.4, 0.5) is 0 Å². The molecule has 0 aliphatic carbocycles. The maximum absolute atomic E-state index is 12.5. The third-order valence-electron chi connectivity index (χ3n) is 2.25. The lowest BCUT2D eigenvalue weighted by atomic mass is 10.1. The van der Waals surface area contributed by atoms with Gasteiger partial charge in [-0.15, -0.1) is 0 Å². The second kappa shape index (κ2) is 5.95. The van der Waals surface area contributed by atoms with Crippen molar-refractivity contribution in [2.24, 2.45) is 0 Å². The molecule has 0 bridgehead atoms. The Hall–Kier alpha value is -1.37. The molecule has 0 spiro atoms. The summed E-state index contributed by atoms with van der Waals surface area (Å²) in [5.74, 6) is -1.45. The van der Waals surface area contributed by atoms with Gasteiger partial charge >= 0.3 is 0 Å². The smallest absolute Gasteiger partial charge is 0.215 e. The molecule has 1 aromatic heterocycles. The molecule has 2 N–H and O–H groups in total. The lowest BCUT2D eigenvalue weighted by molar-refractivity contribution is 0.414. The van der Waals surface area contributed by atoms with Crippen LogP contribution in [0.2, 0.25) is 2.82 Å². The van der Waals surface area contributed by atoms with Crippen molar-refractivity contribution in [2.45, 2.75) is 12.1 Å². The standard InChI is InChI=1S/C14H21N3O2S/c1-15-20(18,19)10-11-4-5-14-13(8-11)12(9-16-14)6-7-17(2)3/h4-5,8-9,15-16H,6-7,10H2,1-3H3/i1D3,2D3,3D3,4D,5D,6D2,8D,9D/hD2. The molecule has 20 heavy (non-hydrogen) atoms. The van der Waals surface area contributed by atoms with E-state index in [1.54, 1.807) is 0 Å². The van der Waals surface area contributed by atoms with Crippen LogP contribution >= 0.6 is 0 Å². The first kappa shape index (κ1) is 4.32. The molecule has 0 radical (unpaired) electrons. The van der Waals surface area contributed by atoms with Gasteiger partial charge in [0, 0.05) is 38.7 Å². The molecule has 2 rings (SSSR count). The molecule has 0 atom stereocenters. The fourth-order valence-corrected chi connectivity index (χ4v) is 2.02. The molecular weight excluding hydrogens is 274 g/mol. The summed E-state index contributed by atoms with van der Waals surface area (Å²) in [6.07, 6.45) is -4.10. The van der Waals surface area contributed by atoms with E-state index >= 15 is 0 Å². The third-order valence-corrected chi connectivity index (χ3v) is 3.19. The van der Waals surface area contributed by atoms with E-state index in [1.807, 2.05) is 0 Å². The summed E-state index contributed by atoms with van der Waals surface area (Å²) in [5, 5.41) is -0.738. The number of fused-ring (bicyclic) bond motifs is 1. The van der Waals surface area contributed by atoms with Gasteiger partial charge < -0.3 is 9.88 Å². The Labute approximate surface area is 144 Å². The zero-order valence-corrected chi connectivity index (χ0v) is 10.8. The summed E-state index contributed by atoms with van der Waals surface area (Å²) < 4.78 is 155. The summed E-state index contributed by atoms with van der Waals surface area (Å²) in [5.41, 5.74) is -2.44. The van der Waals surface area contributed by atoms with Gasteiger partial charge in [0.1, 0.15) is 1.41 Å². The van der Waals surface area contributed by atoms with Crippen LogP contribution in [0.15, 0.2) is 24.3 Å². The van der Waals surface area contributed by atoms with E-state index in [-0.39, 0.29) is 9.88 Å². The molecule has 6 heteroatoms. The molecule has 110 valence electrons. The molecule has 5 nitrogen and oxygen atoms in total. The largest absolute Gasteiger partial charge is 0.361 e. The van der Waals surface area contributed by atoms with Crippen LogP contribution in [0, 0.1) is 0 Å². The number of H-pyrrole nitrogens is 1. The maximum Gasteiger partial charge on any atom is 0.215 e. The minimum Gasteiger partial charge on any atom is -0.361 e. The number of benzene rings is 1. The number of rotatable bonds is 6. The summed E-state index contributed by atoms with van der Waals surface area (Å²) in [4.78, 5) is 0.00371. The van der Waals surface area contributed by atoms with Crippen LogP contribution in [0.3, 0.4) is 0 Å². The lowest BCUT2D eigenvalue weighted by Crippen LogP contribution is -2.20. The zero-order valence-electron chi connectivity index (χ0n) is 27.0. The van der Waals surface area contributed by atoms with Crippen LogP contribution in [-0.2, 0) is 22.1 Å². The van der Waals surface area contributed by atoms with Crippen molar-refractivity contribution < 1.29 is 31.8 Å². The van der Waals surface area contributed by atoms with Crippen LogP contribution < -0.4 is 4.72 Å². The first-order chi connectivity index (χ1) is 16.3. The van der Waals surface area contributed by atoms with Crippen molar-refractivity contribution in [3.05, 3.63) is 35.4 Å². The Morgan fingerprint density at radius 2 is 2.45 bits per heavy atom. The van der Waals surface area contributed by atoms with Gasteiger partial charge in [-0.05, 0) is 50.5 Å². The Kier molecular flexibility index (Phi) is 1.28. The number of aromatic nitrogens is 1. The average molecular weight is 313 g/mol. The van der Waals surface area contributed by atoms with Crippen LogP contribution in [0.25, 0.3) is 10.9 Å². The van der Waals surface area contributed by atoms with E-state index in [1.165, 1.54) is 0 Å². The molecule has 0 unspecified atom stereocenters. The highest BCUT2D eigenvalue weighted by Crippen LogP contribution is 2.21. The number of hydrogen-bond acceptors (Lipinski definition) is 3. The van der Waals surface area contributed by atoms with Crippen molar-refractivity contribution in [3.63, 3.8) is 0 Å². The molecular formula is C14H21N3O2S. The second-order valence-corrected chi connectivity index (χ2v) is 5.39. The van der Waals surface area contributed by atoms with Crippen LogP contribution in [0.1, 0.15) is 31.7 Å². The minimum absolute atomic E-state index is 0.156. The average Bonchev–Trinajstić information content (AvgIpc) is 2.97. The van der Waals surface area contributed by atoms with E-state index in [9.17, 15) is 8.42 Å². The Morgan fingerprint density at radius 3 is 3.20 bits per heavy atom. The Balaban J connectivity index is 2.89. The monoisotopic (exact) mass is 312 g/mol. The maximum atomic E-state index is 12.5. The van der Waals surface area contributed by atoms with Gasteiger partial charge in [-0.25, -0.2) is 13.1 Å². The molecule has 2 aromatic rings. The zero-order chi connectivity index (χ0) is 29.3. The molecule has 0 saturated heterocycles. The van der Waals surface area contributed by atoms with E-state index < -0.39 is 101 Å². The van der Waals surface area contributed by atoms with Gasteiger partial charge in [-0.1, -0.05) is 6.04 Å². The fourth-order valence-electron chi connectivity index (χ4n) is 1.44. The highest BCUT2D eigenvalue weighted by molar-refractivity contribution is 7.88. The number of aromatic amines is 1. The van der Waals surface area contributed by atoms with Crippen LogP contribution in [0.5, 0.6) is 0 Å². The molecule has 1 heterocycles. The second-order valence-electron chi connectivity index (χ2n) is 3.76. The minimum atomic E-state index is -5.05. The fraction of sp³-hybridized carbons (Fsp3) is 0.429. The first-order valence-electron chi connectivity index (χ1n) is 13.6. The van der Waals surface area contributed by atoms with Crippen molar-refractivity contribution in [3.8, 4) is 0 Å². The van der Waals surface area contributed by atoms with Crippen molar-refractivity contribution in [1.29, 1.82) is 0 Å². The topological polar surface area (TPSA) is 65.2 Å². The SMILES string of the molecule is [2H]c1c(CS(=O)(=O)N([2H])C([2H])([2H])[2H])c([2H])c2c(C([2H])([2H])CN(C([2H])([2H])[2H])C([2H])([2H])[2H])c([2H])n([2H])c2c1[2H]. The van der Waals surface area contributed by atoms with E-state index in [0.717, 1.165) is 0 Å². The number of sulfonamides is 1. The number of nitrogens with one attached hydrogen (secondary N) is 2. The van der Waals surface area contributed by atoms with Crippen molar-refractivity contribution in [1.82, 2.24) is 14.6 Å². The molecule has 0 aliphatic heterocycles. The highest BCUT2D eigenvalue weighted by Gasteiger charge is 2.11. The van der Waals surface area contributed by atoms with E-state index in [4.69, 9.17) is 23.4 Å². The van der Waals surface area contributed by atoms with Crippen molar-refractivity contribution >= 4 is 20.9 Å². The van der Waals surface area contributed by atoms with E-state index in [0.29, 0.717) is 0 Å².